The van der Waals surface area contributed by atoms with Gasteiger partial charge in [0, 0.05) is 7.11 Å². The summed E-state index contributed by atoms with van der Waals surface area (Å²) >= 11 is 0. The lowest BCUT2D eigenvalue weighted by atomic mass is 9.84. The Morgan fingerprint density at radius 1 is 1.29 bits per heavy atom. The molecular formula is C14H22FNO. The van der Waals surface area contributed by atoms with Crippen LogP contribution in [0.15, 0.2) is 18.2 Å². The minimum absolute atomic E-state index is 0.243. The highest BCUT2D eigenvalue weighted by Gasteiger charge is 2.34. The molecule has 1 atom stereocenters. The number of aryl methyl sites for hydroxylation is 1. The number of nitrogens with two attached hydrogens (primary N) is 1. The Hall–Kier alpha value is -0.930. The first-order valence-electron chi connectivity index (χ1n) is 6.07. The lowest BCUT2D eigenvalue weighted by Gasteiger charge is -2.36. The Labute approximate surface area is 103 Å². The third-order valence-corrected chi connectivity index (χ3v) is 3.59. The standard InChI is InChI=1S/C14H22FNO/c1-5-14(6-2,17-4)13(16)11-7-10(3)8-12(15)9-11/h7-9,13H,5-6,16H2,1-4H3. The van der Waals surface area contributed by atoms with Crippen molar-refractivity contribution >= 4 is 0 Å². The second kappa shape index (κ2) is 5.61. The summed E-state index contributed by atoms with van der Waals surface area (Å²) < 4.78 is 19.0. The van der Waals surface area contributed by atoms with Crippen LogP contribution in [0.1, 0.15) is 43.9 Å². The Balaban J connectivity index is 3.13. The summed E-state index contributed by atoms with van der Waals surface area (Å²) in [5.41, 5.74) is 7.52. The van der Waals surface area contributed by atoms with Gasteiger partial charge in [0.05, 0.1) is 11.6 Å². The minimum Gasteiger partial charge on any atom is -0.376 e. The quantitative estimate of drug-likeness (QED) is 0.855. The molecule has 2 nitrogen and oxygen atoms in total. The summed E-state index contributed by atoms with van der Waals surface area (Å²) in [6.45, 7) is 5.95. The maximum atomic E-state index is 13.4. The minimum atomic E-state index is -0.416. The molecular weight excluding hydrogens is 217 g/mol. The Morgan fingerprint density at radius 3 is 2.29 bits per heavy atom. The fraction of sp³-hybridized carbons (Fsp3) is 0.571. The van der Waals surface area contributed by atoms with Crippen LogP contribution in [0.3, 0.4) is 0 Å². The zero-order valence-electron chi connectivity index (χ0n) is 11.1. The highest BCUT2D eigenvalue weighted by molar-refractivity contribution is 5.28. The van der Waals surface area contributed by atoms with E-state index in [2.05, 4.69) is 0 Å². The van der Waals surface area contributed by atoms with Gasteiger partial charge in [-0.3, -0.25) is 0 Å². The van der Waals surface area contributed by atoms with Crippen molar-refractivity contribution in [3.8, 4) is 0 Å². The largest absolute Gasteiger partial charge is 0.376 e. The van der Waals surface area contributed by atoms with Gasteiger partial charge in [-0.2, -0.15) is 0 Å². The average molecular weight is 239 g/mol. The van der Waals surface area contributed by atoms with Crippen LogP contribution in [0.25, 0.3) is 0 Å². The predicted molar refractivity (Wildman–Crippen MR) is 68.4 cm³/mol. The Kier molecular flexibility index (Phi) is 4.66. The average Bonchev–Trinajstić information content (AvgIpc) is 2.30. The van der Waals surface area contributed by atoms with E-state index in [1.807, 2.05) is 26.8 Å². The number of halogens is 1. The van der Waals surface area contributed by atoms with Crippen molar-refractivity contribution in [3.63, 3.8) is 0 Å². The van der Waals surface area contributed by atoms with Crippen LogP contribution in [0.5, 0.6) is 0 Å². The van der Waals surface area contributed by atoms with Crippen LogP contribution in [0.4, 0.5) is 4.39 Å². The summed E-state index contributed by atoms with van der Waals surface area (Å²) in [4.78, 5) is 0. The van der Waals surface area contributed by atoms with Gasteiger partial charge in [0.25, 0.3) is 0 Å². The van der Waals surface area contributed by atoms with Crippen LogP contribution in [0.2, 0.25) is 0 Å². The number of benzene rings is 1. The number of rotatable bonds is 5. The summed E-state index contributed by atoms with van der Waals surface area (Å²) in [7, 11) is 1.67. The van der Waals surface area contributed by atoms with Gasteiger partial charge in [0.1, 0.15) is 5.82 Å². The smallest absolute Gasteiger partial charge is 0.123 e. The zero-order chi connectivity index (χ0) is 13.1. The van der Waals surface area contributed by atoms with E-state index in [1.54, 1.807) is 7.11 Å². The molecule has 1 aromatic rings. The Bertz CT molecular complexity index is 346. The van der Waals surface area contributed by atoms with E-state index in [9.17, 15) is 4.39 Å². The molecule has 3 heteroatoms. The van der Waals surface area contributed by atoms with E-state index < -0.39 is 5.60 Å². The zero-order valence-corrected chi connectivity index (χ0v) is 11.1. The topological polar surface area (TPSA) is 35.2 Å². The fourth-order valence-corrected chi connectivity index (χ4v) is 2.35. The second-order valence-corrected chi connectivity index (χ2v) is 4.52. The third-order valence-electron chi connectivity index (χ3n) is 3.59. The molecule has 0 radical (unpaired) electrons. The van der Waals surface area contributed by atoms with E-state index in [-0.39, 0.29) is 11.9 Å². The lowest BCUT2D eigenvalue weighted by Crippen LogP contribution is -2.42. The maximum absolute atomic E-state index is 13.4. The number of hydrogen-bond donors (Lipinski definition) is 1. The molecule has 0 aliphatic carbocycles. The first kappa shape index (κ1) is 14.1. The molecule has 2 N–H and O–H groups in total. The van der Waals surface area contributed by atoms with Crippen LogP contribution in [0, 0.1) is 12.7 Å². The summed E-state index contributed by atoms with van der Waals surface area (Å²) in [6.07, 6.45) is 1.60. The SMILES string of the molecule is CCC(CC)(OC)C(N)c1cc(C)cc(F)c1. The molecule has 0 aromatic heterocycles. The van der Waals surface area contributed by atoms with Crippen LogP contribution >= 0.6 is 0 Å². The van der Waals surface area contributed by atoms with E-state index >= 15 is 0 Å². The molecule has 0 heterocycles. The van der Waals surface area contributed by atoms with Crippen molar-refractivity contribution in [2.75, 3.05) is 7.11 Å². The molecule has 0 saturated carbocycles. The molecule has 96 valence electrons. The maximum Gasteiger partial charge on any atom is 0.123 e. The summed E-state index contributed by atoms with van der Waals surface area (Å²) in [5.74, 6) is -0.243. The first-order valence-corrected chi connectivity index (χ1v) is 6.07. The highest BCUT2D eigenvalue weighted by Crippen LogP contribution is 2.33. The van der Waals surface area contributed by atoms with Gasteiger partial charge in [-0.1, -0.05) is 19.9 Å². The molecule has 1 rings (SSSR count). The molecule has 0 aliphatic rings. The molecule has 17 heavy (non-hydrogen) atoms. The fourth-order valence-electron chi connectivity index (χ4n) is 2.35. The normalized spacial score (nSPS) is 13.8. The van der Waals surface area contributed by atoms with Crippen LogP contribution in [-0.4, -0.2) is 12.7 Å². The van der Waals surface area contributed by atoms with Crippen molar-refractivity contribution in [2.24, 2.45) is 5.73 Å². The van der Waals surface area contributed by atoms with Crippen molar-refractivity contribution in [1.82, 2.24) is 0 Å². The molecule has 0 fully saturated rings. The van der Waals surface area contributed by atoms with Crippen LogP contribution in [-0.2, 0) is 4.74 Å². The van der Waals surface area contributed by atoms with Crippen molar-refractivity contribution in [3.05, 3.63) is 35.1 Å². The third kappa shape index (κ3) is 2.85. The van der Waals surface area contributed by atoms with E-state index in [0.717, 1.165) is 24.0 Å². The predicted octanol–water partition coefficient (Wildman–Crippen LogP) is 3.34. The molecule has 0 aliphatic heterocycles. The second-order valence-electron chi connectivity index (χ2n) is 4.52. The first-order chi connectivity index (χ1) is 7.99. The van der Waals surface area contributed by atoms with E-state index in [4.69, 9.17) is 10.5 Å². The Morgan fingerprint density at radius 2 is 1.88 bits per heavy atom. The van der Waals surface area contributed by atoms with E-state index in [0.29, 0.717) is 0 Å². The molecule has 0 saturated heterocycles. The van der Waals surface area contributed by atoms with Crippen molar-refractivity contribution in [1.29, 1.82) is 0 Å². The van der Waals surface area contributed by atoms with Gasteiger partial charge in [-0.05, 0) is 43.0 Å². The van der Waals surface area contributed by atoms with Gasteiger partial charge >= 0.3 is 0 Å². The van der Waals surface area contributed by atoms with Crippen LogP contribution < -0.4 is 5.73 Å². The van der Waals surface area contributed by atoms with Gasteiger partial charge in [0.2, 0.25) is 0 Å². The summed E-state index contributed by atoms with van der Waals surface area (Å²) in [5, 5.41) is 0. The lowest BCUT2D eigenvalue weighted by molar-refractivity contribution is -0.0386. The summed E-state index contributed by atoms with van der Waals surface area (Å²) in [6, 6.07) is 4.61. The van der Waals surface area contributed by atoms with E-state index in [1.165, 1.54) is 12.1 Å². The molecule has 1 aromatic carbocycles. The molecule has 1 unspecified atom stereocenters. The highest BCUT2D eigenvalue weighted by atomic mass is 19.1. The van der Waals surface area contributed by atoms with Gasteiger partial charge in [-0.15, -0.1) is 0 Å². The van der Waals surface area contributed by atoms with Crippen molar-refractivity contribution in [2.45, 2.75) is 45.3 Å². The van der Waals surface area contributed by atoms with Gasteiger partial charge in [-0.25, -0.2) is 4.39 Å². The number of methoxy groups -OCH3 is 1. The van der Waals surface area contributed by atoms with Gasteiger partial charge in [0.15, 0.2) is 0 Å². The number of hydrogen-bond acceptors (Lipinski definition) is 2. The molecule has 0 amide bonds. The monoisotopic (exact) mass is 239 g/mol. The van der Waals surface area contributed by atoms with Crippen molar-refractivity contribution < 1.29 is 9.13 Å². The molecule has 0 bridgehead atoms. The van der Waals surface area contributed by atoms with Gasteiger partial charge < -0.3 is 10.5 Å². The number of ether oxygens (including phenoxy) is 1. The molecule has 0 spiro atoms.